The number of aromatic nitrogens is 1. The Balaban J connectivity index is 1.46. The van der Waals surface area contributed by atoms with Crippen LogP contribution in [0.1, 0.15) is 21.5 Å². The number of hydrogen-bond donors (Lipinski definition) is 0. The van der Waals surface area contributed by atoms with Crippen molar-refractivity contribution in [3.8, 4) is 11.3 Å². The summed E-state index contributed by atoms with van der Waals surface area (Å²) < 4.78 is 0. The number of hydrogen-bond acceptors (Lipinski definition) is 3. The molecule has 1 aliphatic rings. The minimum absolute atomic E-state index is 0.0871. The first-order valence-electron chi connectivity index (χ1n) is 11.2. The van der Waals surface area contributed by atoms with Crippen molar-refractivity contribution in [2.45, 2.75) is 13.8 Å². The van der Waals surface area contributed by atoms with E-state index in [9.17, 15) is 4.79 Å². The molecule has 4 heteroatoms. The second kappa shape index (κ2) is 8.46. The second-order valence-electron chi connectivity index (χ2n) is 8.56. The topological polar surface area (TPSA) is 36.4 Å². The molecule has 1 aromatic heterocycles. The molecular formula is C28H27N3O. The molecule has 3 aromatic carbocycles. The van der Waals surface area contributed by atoms with Gasteiger partial charge in [0.1, 0.15) is 0 Å². The van der Waals surface area contributed by atoms with E-state index in [-0.39, 0.29) is 5.91 Å². The van der Waals surface area contributed by atoms with Gasteiger partial charge in [-0.3, -0.25) is 4.79 Å². The molecule has 1 fully saturated rings. The molecule has 1 amide bonds. The summed E-state index contributed by atoms with van der Waals surface area (Å²) in [6.45, 7) is 7.27. The molecular weight excluding hydrogens is 394 g/mol. The van der Waals surface area contributed by atoms with E-state index in [2.05, 4.69) is 55.1 Å². The van der Waals surface area contributed by atoms with Crippen molar-refractivity contribution >= 4 is 22.5 Å². The van der Waals surface area contributed by atoms with Gasteiger partial charge in [-0.05, 0) is 49.7 Å². The minimum Gasteiger partial charge on any atom is -0.368 e. The van der Waals surface area contributed by atoms with E-state index in [0.29, 0.717) is 13.1 Å². The molecule has 5 rings (SSSR count). The van der Waals surface area contributed by atoms with Crippen molar-refractivity contribution in [3.05, 3.63) is 95.6 Å². The molecule has 0 spiro atoms. The zero-order chi connectivity index (χ0) is 22.1. The van der Waals surface area contributed by atoms with Crippen molar-refractivity contribution < 1.29 is 4.79 Å². The molecule has 160 valence electrons. The van der Waals surface area contributed by atoms with E-state index in [1.54, 1.807) is 0 Å². The third-order valence-corrected chi connectivity index (χ3v) is 6.20. The third kappa shape index (κ3) is 3.96. The van der Waals surface area contributed by atoms with Gasteiger partial charge < -0.3 is 9.80 Å². The Hall–Kier alpha value is -3.66. The molecule has 0 unspecified atom stereocenters. The predicted octanol–water partition coefficient (Wildman–Crippen LogP) is 5.48. The Morgan fingerprint density at radius 2 is 1.53 bits per heavy atom. The zero-order valence-corrected chi connectivity index (χ0v) is 18.6. The van der Waals surface area contributed by atoms with Crippen molar-refractivity contribution in [1.29, 1.82) is 0 Å². The van der Waals surface area contributed by atoms with E-state index < -0.39 is 0 Å². The fraction of sp³-hybridized carbons (Fsp3) is 0.214. The predicted molar refractivity (Wildman–Crippen MR) is 131 cm³/mol. The molecule has 1 aliphatic heterocycles. The summed E-state index contributed by atoms with van der Waals surface area (Å²) in [6.07, 6.45) is 0. The standard InChI is InChI=1S/C28H27N3O/c1-20-7-6-10-23(17-20)30-13-15-31(16-14-30)28(32)25-19-27(22-8-4-3-5-9-22)29-26-12-11-21(2)18-24(25)26/h3-12,17-19H,13-16H2,1-2H3. The number of nitrogens with zero attached hydrogens (tertiary/aromatic N) is 3. The van der Waals surface area contributed by atoms with E-state index in [1.807, 2.05) is 47.4 Å². The molecule has 0 atom stereocenters. The molecule has 4 aromatic rings. The van der Waals surface area contributed by atoms with Gasteiger partial charge in [0.2, 0.25) is 0 Å². The van der Waals surface area contributed by atoms with E-state index in [0.717, 1.165) is 46.4 Å². The maximum absolute atomic E-state index is 13.7. The van der Waals surface area contributed by atoms with Crippen LogP contribution >= 0.6 is 0 Å². The monoisotopic (exact) mass is 421 g/mol. The fourth-order valence-electron chi connectivity index (χ4n) is 4.44. The van der Waals surface area contributed by atoms with E-state index >= 15 is 0 Å². The van der Waals surface area contributed by atoms with Gasteiger partial charge in [0.05, 0.1) is 16.8 Å². The Kier molecular flexibility index (Phi) is 5.36. The second-order valence-corrected chi connectivity index (χ2v) is 8.56. The Morgan fingerprint density at radius 1 is 0.781 bits per heavy atom. The number of rotatable bonds is 3. The fourth-order valence-corrected chi connectivity index (χ4v) is 4.44. The zero-order valence-electron chi connectivity index (χ0n) is 18.6. The van der Waals surface area contributed by atoms with Gasteiger partial charge in [0.25, 0.3) is 5.91 Å². The van der Waals surface area contributed by atoms with Crippen LogP contribution in [0.2, 0.25) is 0 Å². The molecule has 32 heavy (non-hydrogen) atoms. The lowest BCUT2D eigenvalue weighted by atomic mass is 10.0. The third-order valence-electron chi connectivity index (χ3n) is 6.20. The minimum atomic E-state index is 0.0871. The van der Waals surface area contributed by atoms with Gasteiger partial charge in [-0.25, -0.2) is 4.98 Å². The Bertz CT molecular complexity index is 1270. The Labute approximate surface area is 189 Å². The summed E-state index contributed by atoms with van der Waals surface area (Å²) >= 11 is 0. The van der Waals surface area contributed by atoms with Crippen LogP contribution in [0.15, 0.2) is 78.9 Å². The van der Waals surface area contributed by atoms with Crippen LogP contribution in [0.5, 0.6) is 0 Å². The average Bonchev–Trinajstić information content (AvgIpc) is 2.83. The van der Waals surface area contributed by atoms with Gasteiger partial charge >= 0.3 is 0 Å². The molecule has 0 radical (unpaired) electrons. The highest BCUT2D eigenvalue weighted by Gasteiger charge is 2.24. The first-order chi connectivity index (χ1) is 15.6. The van der Waals surface area contributed by atoms with Gasteiger partial charge in [-0.15, -0.1) is 0 Å². The highest BCUT2D eigenvalue weighted by atomic mass is 16.2. The number of pyridine rings is 1. The smallest absolute Gasteiger partial charge is 0.254 e. The lowest BCUT2D eigenvalue weighted by molar-refractivity contribution is 0.0748. The van der Waals surface area contributed by atoms with Crippen molar-refractivity contribution in [3.63, 3.8) is 0 Å². The average molecular weight is 422 g/mol. The maximum Gasteiger partial charge on any atom is 0.254 e. The van der Waals surface area contributed by atoms with Crippen LogP contribution in [-0.2, 0) is 0 Å². The van der Waals surface area contributed by atoms with Crippen LogP contribution < -0.4 is 4.90 Å². The van der Waals surface area contributed by atoms with Gasteiger partial charge in [0.15, 0.2) is 0 Å². The summed E-state index contributed by atoms with van der Waals surface area (Å²) in [5.41, 5.74) is 7.07. The SMILES string of the molecule is Cc1cccc(N2CCN(C(=O)c3cc(-c4ccccc4)nc4ccc(C)cc34)CC2)c1. The summed E-state index contributed by atoms with van der Waals surface area (Å²) in [6, 6.07) is 26.8. The van der Waals surface area contributed by atoms with E-state index in [1.165, 1.54) is 11.3 Å². The van der Waals surface area contributed by atoms with Gasteiger partial charge in [-0.2, -0.15) is 0 Å². The summed E-state index contributed by atoms with van der Waals surface area (Å²) in [7, 11) is 0. The van der Waals surface area contributed by atoms with Crippen molar-refractivity contribution in [1.82, 2.24) is 9.88 Å². The Morgan fingerprint density at radius 3 is 2.28 bits per heavy atom. The van der Waals surface area contributed by atoms with Crippen LogP contribution in [0.4, 0.5) is 5.69 Å². The molecule has 0 N–H and O–H groups in total. The number of aryl methyl sites for hydroxylation is 2. The molecule has 1 saturated heterocycles. The number of anilines is 1. The quantitative estimate of drug-likeness (QED) is 0.439. The van der Waals surface area contributed by atoms with Crippen LogP contribution in [0.3, 0.4) is 0 Å². The van der Waals surface area contributed by atoms with Crippen LogP contribution in [0.25, 0.3) is 22.2 Å². The maximum atomic E-state index is 13.7. The highest BCUT2D eigenvalue weighted by Crippen LogP contribution is 2.27. The first-order valence-corrected chi connectivity index (χ1v) is 11.2. The molecule has 0 saturated carbocycles. The largest absolute Gasteiger partial charge is 0.368 e. The molecule has 2 heterocycles. The normalized spacial score (nSPS) is 14.1. The highest BCUT2D eigenvalue weighted by molar-refractivity contribution is 6.07. The van der Waals surface area contributed by atoms with Crippen LogP contribution in [0, 0.1) is 13.8 Å². The van der Waals surface area contributed by atoms with Gasteiger partial charge in [0, 0.05) is 42.8 Å². The van der Waals surface area contributed by atoms with Crippen molar-refractivity contribution in [2.75, 3.05) is 31.1 Å². The summed E-state index contributed by atoms with van der Waals surface area (Å²) in [5.74, 6) is 0.0871. The lowest BCUT2D eigenvalue weighted by Crippen LogP contribution is -2.48. The number of benzene rings is 3. The number of piperazine rings is 1. The molecule has 0 bridgehead atoms. The molecule has 4 nitrogen and oxygen atoms in total. The first kappa shape index (κ1) is 20.3. The number of fused-ring (bicyclic) bond motifs is 1. The number of amides is 1. The number of carbonyl (C=O) groups is 1. The van der Waals surface area contributed by atoms with Crippen LogP contribution in [-0.4, -0.2) is 42.0 Å². The van der Waals surface area contributed by atoms with Crippen molar-refractivity contribution in [2.24, 2.45) is 0 Å². The summed E-state index contributed by atoms with van der Waals surface area (Å²) in [4.78, 5) is 22.9. The van der Waals surface area contributed by atoms with Gasteiger partial charge in [-0.1, -0.05) is 54.1 Å². The summed E-state index contributed by atoms with van der Waals surface area (Å²) in [5, 5.41) is 0.927. The molecule has 0 aliphatic carbocycles. The number of carbonyl (C=O) groups excluding carboxylic acids is 1. The lowest BCUT2D eigenvalue weighted by Gasteiger charge is -2.36. The van der Waals surface area contributed by atoms with E-state index in [4.69, 9.17) is 4.98 Å².